The molecule has 1 aromatic rings. The molecule has 0 amide bonds. The number of fused-ring (bicyclic) bond motifs is 1. The Morgan fingerprint density at radius 2 is 2.45 bits per heavy atom. The Morgan fingerprint density at radius 3 is 3.18 bits per heavy atom. The van der Waals surface area contributed by atoms with Crippen molar-refractivity contribution in [2.45, 2.75) is 13.1 Å². The minimum Gasteiger partial charge on any atom is -0.504 e. The monoisotopic (exact) mass is 175 g/mol. The summed E-state index contributed by atoms with van der Waals surface area (Å²) in [4.78, 5) is 0. The highest BCUT2D eigenvalue weighted by atomic mass is 35.5. The zero-order valence-electron chi connectivity index (χ0n) is 5.95. The maximum atomic E-state index is 9.17. The first-order valence-electron chi connectivity index (χ1n) is 3.32. The summed E-state index contributed by atoms with van der Waals surface area (Å²) in [5.41, 5.74) is 0.895. The van der Waals surface area contributed by atoms with Gasteiger partial charge in [0, 0.05) is 13.1 Å². The van der Waals surface area contributed by atoms with Gasteiger partial charge in [-0.3, -0.25) is 4.68 Å². The zero-order chi connectivity index (χ0) is 6.97. The molecule has 2 heterocycles. The highest BCUT2D eigenvalue weighted by Crippen LogP contribution is 2.16. The highest BCUT2D eigenvalue weighted by Gasteiger charge is 2.12. The Labute approximate surface area is 70.6 Å². The number of nitrogens with one attached hydrogen (secondary N) is 1. The lowest BCUT2D eigenvalue weighted by molar-refractivity contribution is 0.432. The van der Waals surface area contributed by atoms with Crippen molar-refractivity contribution in [3.63, 3.8) is 0 Å². The molecule has 0 atom stereocenters. The van der Waals surface area contributed by atoms with Gasteiger partial charge in [-0.15, -0.1) is 12.4 Å². The molecule has 5 heteroatoms. The van der Waals surface area contributed by atoms with Gasteiger partial charge >= 0.3 is 0 Å². The zero-order valence-corrected chi connectivity index (χ0v) is 6.77. The van der Waals surface area contributed by atoms with Gasteiger partial charge in [-0.05, 0) is 0 Å². The Morgan fingerprint density at radius 1 is 1.64 bits per heavy atom. The van der Waals surface area contributed by atoms with Gasteiger partial charge in [-0.2, -0.15) is 5.10 Å². The van der Waals surface area contributed by atoms with E-state index in [9.17, 15) is 5.11 Å². The van der Waals surface area contributed by atoms with Crippen molar-refractivity contribution < 1.29 is 5.11 Å². The number of hydrogen-bond acceptors (Lipinski definition) is 3. The number of rotatable bonds is 0. The van der Waals surface area contributed by atoms with Gasteiger partial charge in [0.1, 0.15) is 0 Å². The molecule has 4 nitrogen and oxygen atoms in total. The van der Waals surface area contributed by atoms with Crippen LogP contribution in [-0.2, 0) is 13.1 Å². The molecule has 62 valence electrons. The van der Waals surface area contributed by atoms with E-state index in [0.717, 1.165) is 25.3 Å². The van der Waals surface area contributed by atoms with Gasteiger partial charge in [-0.1, -0.05) is 0 Å². The quantitative estimate of drug-likeness (QED) is 0.589. The Hall–Kier alpha value is -0.740. The predicted octanol–water partition coefficient (Wildman–Crippen LogP) is 0.114. The molecule has 0 saturated carbocycles. The van der Waals surface area contributed by atoms with Crippen molar-refractivity contribution in [3.8, 4) is 5.75 Å². The summed E-state index contributed by atoms with van der Waals surface area (Å²) in [6.45, 7) is 2.52. The molecule has 0 saturated heterocycles. The fourth-order valence-corrected chi connectivity index (χ4v) is 1.17. The van der Waals surface area contributed by atoms with Crippen LogP contribution in [0.1, 0.15) is 5.69 Å². The smallest absolute Gasteiger partial charge is 0.158 e. The van der Waals surface area contributed by atoms with Gasteiger partial charge in [0.05, 0.1) is 18.4 Å². The maximum Gasteiger partial charge on any atom is 0.158 e. The van der Waals surface area contributed by atoms with E-state index in [4.69, 9.17) is 0 Å². The molecular weight excluding hydrogens is 166 g/mol. The van der Waals surface area contributed by atoms with E-state index in [1.54, 1.807) is 0 Å². The van der Waals surface area contributed by atoms with E-state index in [1.807, 2.05) is 4.68 Å². The van der Waals surface area contributed by atoms with Gasteiger partial charge in [0.25, 0.3) is 0 Å². The van der Waals surface area contributed by atoms with Crippen LogP contribution in [0.5, 0.6) is 5.75 Å². The van der Waals surface area contributed by atoms with Gasteiger partial charge in [-0.25, -0.2) is 0 Å². The first-order valence-corrected chi connectivity index (χ1v) is 3.32. The fraction of sp³-hybridized carbons (Fsp3) is 0.500. The second kappa shape index (κ2) is 3.11. The van der Waals surface area contributed by atoms with E-state index < -0.39 is 0 Å². The lowest BCUT2D eigenvalue weighted by atomic mass is 10.3. The lowest BCUT2D eigenvalue weighted by Crippen LogP contribution is -2.28. The van der Waals surface area contributed by atoms with E-state index >= 15 is 0 Å². The van der Waals surface area contributed by atoms with Crippen molar-refractivity contribution >= 4 is 12.4 Å². The predicted molar refractivity (Wildman–Crippen MR) is 42.8 cm³/mol. The number of halogens is 1. The van der Waals surface area contributed by atoms with Gasteiger partial charge in [0.2, 0.25) is 0 Å². The summed E-state index contributed by atoms with van der Waals surface area (Å²) in [7, 11) is 0. The van der Waals surface area contributed by atoms with Gasteiger partial charge in [0.15, 0.2) is 5.75 Å². The van der Waals surface area contributed by atoms with Crippen LogP contribution in [0.4, 0.5) is 0 Å². The van der Waals surface area contributed by atoms with Crippen LogP contribution < -0.4 is 5.32 Å². The topological polar surface area (TPSA) is 50.1 Å². The van der Waals surface area contributed by atoms with Crippen LogP contribution in [-0.4, -0.2) is 21.4 Å². The summed E-state index contributed by atoms with van der Waals surface area (Å²) in [6.07, 6.45) is 1.49. The van der Waals surface area contributed by atoms with Crippen LogP contribution in [0.25, 0.3) is 0 Å². The maximum absolute atomic E-state index is 9.17. The Kier molecular flexibility index (Phi) is 2.36. The molecule has 0 fully saturated rings. The Bertz CT molecular complexity index is 248. The second-order valence-electron chi connectivity index (χ2n) is 2.38. The summed E-state index contributed by atoms with van der Waals surface area (Å²) < 4.78 is 1.83. The minimum atomic E-state index is 0. The SMILES string of the molecule is Cl.Oc1cnn2c1CNCC2. The lowest BCUT2D eigenvalue weighted by Gasteiger charge is -2.14. The van der Waals surface area contributed by atoms with E-state index in [2.05, 4.69) is 10.4 Å². The molecule has 0 bridgehead atoms. The summed E-state index contributed by atoms with van der Waals surface area (Å²) in [5, 5.41) is 16.3. The Balaban J connectivity index is 0.000000605. The number of aromatic nitrogens is 2. The third kappa shape index (κ3) is 1.32. The fourth-order valence-electron chi connectivity index (χ4n) is 1.17. The summed E-state index contributed by atoms with van der Waals surface area (Å²) >= 11 is 0. The van der Waals surface area contributed by atoms with E-state index in [-0.39, 0.29) is 12.4 Å². The average Bonchev–Trinajstić information content (AvgIpc) is 2.34. The van der Waals surface area contributed by atoms with Crippen LogP contribution in [0.2, 0.25) is 0 Å². The molecular formula is C6H10ClN3O. The molecule has 2 N–H and O–H groups in total. The summed E-state index contributed by atoms with van der Waals surface area (Å²) in [6, 6.07) is 0. The standard InChI is InChI=1S/C6H9N3O.ClH/c10-6-4-8-9-2-1-7-3-5(6)9;/h4,7,10H,1-3H2;1H. The largest absolute Gasteiger partial charge is 0.504 e. The molecule has 0 radical (unpaired) electrons. The first-order chi connectivity index (χ1) is 4.88. The first kappa shape index (κ1) is 8.36. The molecule has 0 spiro atoms. The summed E-state index contributed by atoms with van der Waals surface area (Å²) in [5.74, 6) is 0.298. The molecule has 0 unspecified atom stereocenters. The van der Waals surface area contributed by atoms with Crippen LogP contribution >= 0.6 is 12.4 Å². The van der Waals surface area contributed by atoms with E-state index in [0.29, 0.717) is 5.75 Å². The molecule has 1 aromatic heterocycles. The number of nitrogens with zero attached hydrogens (tertiary/aromatic N) is 2. The van der Waals surface area contributed by atoms with Crippen LogP contribution in [0, 0.1) is 0 Å². The van der Waals surface area contributed by atoms with Crippen molar-refractivity contribution in [2.24, 2.45) is 0 Å². The van der Waals surface area contributed by atoms with Crippen molar-refractivity contribution in [2.75, 3.05) is 6.54 Å². The highest BCUT2D eigenvalue weighted by molar-refractivity contribution is 5.85. The van der Waals surface area contributed by atoms with Crippen molar-refractivity contribution in [1.82, 2.24) is 15.1 Å². The molecule has 1 aliphatic rings. The minimum absolute atomic E-state index is 0. The number of aromatic hydroxyl groups is 1. The molecule has 0 aromatic carbocycles. The molecule has 0 aliphatic carbocycles. The molecule has 1 aliphatic heterocycles. The van der Waals surface area contributed by atoms with Crippen molar-refractivity contribution in [3.05, 3.63) is 11.9 Å². The van der Waals surface area contributed by atoms with Crippen LogP contribution in [0.15, 0.2) is 6.20 Å². The van der Waals surface area contributed by atoms with Crippen molar-refractivity contribution in [1.29, 1.82) is 0 Å². The van der Waals surface area contributed by atoms with Gasteiger partial charge < -0.3 is 10.4 Å². The second-order valence-corrected chi connectivity index (χ2v) is 2.38. The third-order valence-corrected chi connectivity index (χ3v) is 1.72. The molecule has 2 rings (SSSR count). The molecule has 11 heavy (non-hydrogen) atoms. The van der Waals surface area contributed by atoms with Crippen LogP contribution in [0.3, 0.4) is 0 Å². The number of hydrogen-bond donors (Lipinski definition) is 2. The van der Waals surface area contributed by atoms with E-state index in [1.165, 1.54) is 6.20 Å². The normalized spacial score (nSPS) is 15.3. The average molecular weight is 176 g/mol. The third-order valence-electron chi connectivity index (χ3n) is 1.72.